The van der Waals surface area contributed by atoms with Crippen LogP contribution in [0.3, 0.4) is 0 Å². The number of nitriles is 1. The topological polar surface area (TPSA) is 77.8 Å². The molecule has 5 nitrogen and oxygen atoms in total. The van der Waals surface area contributed by atoms with E-state index in [0.717, 1.165) is 0 Å². The Balaban J connectivity index is 1.70. The lowest BCUT2D eigenvalue weighted by Crippen LogP contribution is -2.14. The molecule has 0 aliphatic rings. The van der Waals surface area contributed by atoms with Gasteiger partial charge in [0.05, 0.1) is 23.1 Å². The van der Waals surface area contributed by atoms with Gasteiger partial charge in [0.15, 0.2) is 0 Å². The Labute approximate surface area is 143 Å². The Morgan fingerprint density at radius 1 is 1.00 bits per heavy atom. The zero-order valence-electron chi connectivity index (χ0n) is 13.0. The van der Waals surface area contributed by atoms with E-state index in [4.69, 9.17) is 5.26 Å². The number of carbonyl (C=O) groups excluding carboxylic acids is 1. The van der Waals surface area contributed by atoms with Gasteiger partial charge in [0.2, 0.25) is 0 Å². The molecule has 6 heteroatoms. The van der Waals surface area contributed by atoms with Crippen LogP contribution in [0.2, 0.25) is 0 Å². The summed E-state index contributed by atoms with van der Waals surface area (Å²) < 4.78 is 12.9. The number of nitrogens with one attached hydrogen (secondary N) is 2. The van der Waals surface area contributed by atoms with Crippen LogP contribution in [0.25, 0.3) is 0 Å². The smallest absolute Gasteiger partial charge is 0.274 e. The molecule has 0 atom stereocenters. The molecule has 25 heavy (non-hydrogen) atoms. The Hall–Kier alpha value is -3.72. The molecule has 1 heterocycles. The molecule has 3 rings (SSSR count). The average molecular weight is 332 g/mol. The zero-order chi connectivity index (χ0) is 17.6. The Kier molecular flexibility index (Phi) is 4.67. The first kappa shape index (κ1) is 16.1. The standard InChI is InChI=1S/C19H13FN4O/c20-14-5-7-15(8-6-14)23-16-9-10-18(22-12-16)19(25)24-17-4-2-1-3-13(17)11-21/h1-10,12,23H,(H,24,25). The third-order valence-corrected chi connectivity index (χ3v) is 3.42. The van der Waals surface area contributed by atoms with Gasteiger partial charge >= 0.3 is 0 Å². The highest BCUT2D eigenvalue weighted by Gasteiger charge is 2.10. The van der Waals surface area contributed by atoms with Crippen LogP contribution in [0.4, 0.5) is 21.5 Å². The van der Waals surface area contributed by atoms with E-state index in [0.29, 0.717) is 22.6 Å². The second kappa shape index (κ2) is 7.23. The van der Waals surface area contributed by atoms with Crippen molar-refractivity contribution in [2.75, 3.05) is 10.6 Å². The van der Waals surface area contributed by atoms with Crippen molar-refractivity contribution in [1.29, 1.82) is 5.26 Å². The van der Waals surface area contributed by atoms with E-state index in [1.54, 1.807) is 48.5 Å². The Morgan fingerprint density at radius 2 is 1.72 bits per heavy atom. The van der Waals surface area contributed by atoms with Crippen molar-refractivity contribution in [2.24, 2.45) is 0 Å². The van der Waals surface area contributed by atoms with Gasteiger partial charge in [-0.25, -0.2) is 9.37 Å². The lowest BCUT2D eigenvalue weighted by Gasteiger charge is -2.08. The van der Waals surface area contributed by atoms with Gasteiger partial charge in [0.1, 0.15) is 17.6 Å². The van der Waals surface area contributed by atoms with Gasteiger partial charge in [-0.05, 0) is 48.5 Å². The first-order valence-corrected chi connectivity index (χ1v) is 7.45. The summed E-state index contributed by atoms with van der Waals surface area (Å²) in [4.78, 5) is 16.4. The molecular weight excluding hydrogens is 319 g/mol. The molecule has 2 N–H and O–H groups in total. The van der Waals surface area contributed by atoms with Crippen molar-refractivity contribution < 1.29 is 9.18 Å². The minimum atomic E-state index is -0.406. The maximum Gasteiger partial charge on any atom is 0.274 e. The lowest BCUT2D eigenvalue weighted by atomic mass is 10.2. The fourth-order valence-electron chi connectivity index (χ4n) is 2.18. The number of benzene rings is 2. The van der Waals surface area contributed by atoms with Crippen LogP contribution in [-0.4, -0.2) is 10.9 Å². The van der Waals surface area contributed by atoms with Crippen LogP contribution in [-0.2, 0) is 0 Å². The summed E-state index contributed by atoms with van der Waals surface area (Å²) in [5.74, 6) is -0.718. The van der Waals surface area contributed by atoms with Crippen molar-refractivity contribution in [1.82, 2.24) is 4.98 Å². The van der Waals surface area contributed by atoms with E-state index in [-0.39, 0.29) is 11.5 Å². The summed E-state index contributed by atoms with van der Waals surface area (Å²) >= 11 is 0. The fraction of sp³-hybridized carbons (Fsp3) is 0. The predicted molar refractivity (Wildman–Crippen MR) is 93.0 cm³/mol. The van der Waals surface area contributed by atoms with Crippen molar-refractivity contribution in [2.45, 2.75) is 0 Å². The van der Waals surface area contributed by atoms with Crippen LogP contribution >= 0.6 is 0 Å². The van der Waals surface area contributed by atoms with Crippen LogP contribution in [0, 0.1) is 17.1 Å². The van der Waals surface area contributed by atoms with Gasteiger partial charge < -0.3 is 10.6 Å². The van der Waals surface area contributed by atoms with Crippen molar-refractivity contribution in [3.05, 3.63) is 83.9 Å². The highest BCUT2D eigenvalue weighted by Crippen LogP contribution is 2.18. The highest BCUT2D eigenvalue weighted by molar-refractivity contribution is 6.03. The van der Waals surface area contributed by atoms with Crippen LogP contribution < -0.4 is 10.6 Å². The Morgan fingerprint density at radius 3 is 2.40 bits per heavy atom. The number of anilines is 3. The summed E-state index contributed by atoms with van der Waals surface area (Å²) in [7, 11) is 0. The first-order chi connectivity index (χ1) is 12.2. The predicted octanol–water partition coefficient (Wildman–Crippen LogP) is 4.09. The van der Waals surface area contributed by atoms with E-state index >= 15 is 0 Å². The highest BCUT2D eigenvalue weighted by atomic mass is 19.1. The quantitative estimate of drug-likeness (QED) is 0.754. The van der Waals surface area contributed by atoms with Crippen LogP contribution in [0.5, 0.6) is 0 Å². The van der Waals surface area contributed by atoms with E-state index in [1.807, 2.05) is 6.07 Å². The molecule has 0 fully saturated rings. The van der Waals surface area contributed by atoms with Gasteiger partial charge in [-0.15, -0.1) is 0 Å². The van der Waals surface area contributed by atoms with E-state index in [1.165, 1.54) is 18.3 Å². The molecule has 0 aliphatic heterocycles. The van der Waals surface area contributed by atoms with E-state index < -0.39 is 5.91 Å². The van der Waals surface area contributed by atoms with Crippen molar-refractivity contribution >= 4 is 23.0 Å². The molecule has 0 aliphatic carbocycles. The van der Waals surface area contributed by atoms with Gasteiger partial charge in [0.25, 0.3) is 5.91 Å². The molecule has 1 aromatic heterocycles. The number of rotatable bonds is 4. The summed E-state index contributed by atoms with van der Waals surface area (Å²) in [6, 6.07) is 17.9. The third kappa shape index (κ3) is 3.98. The molecule has 0 saturated heterocycles. The molecule has 0 unspecified atom stereocenters. The number of para-hydroxylation sites is 1. The molecular formula is C19H13FN4O. The number of aromatic nitrogens is 1. The number of nitrogens with zero attached hydrogens (tertiary/aromatic N) is 2. The summed E-state index contributed by atoms with van der Waals surface area (Å²) in [6.45, 7) is 0. The maximum absolute atomic E-state index is 12.9. The van der Waals surface area contributed by atoms with Gasteiger partial charge in [-0.2, -0.15) is 5.26 Å². The summed E-state index contributed by atoms with van der Waals surface area (Å²) in [5.41, 5.74) is 2.41. The van der Waals surface area contributed by atoms with Crippen molar-refractivity contribution in [3.8, 4) is 6.07 Å². The molecule has 0 radical (unpaired) electrons. The molecule has 122 valence electrons. The van der Waals surface area contributed by atoms with Crippen molar-refractivity contribution in [3.63, 3.8) is 0 Å². The SMILES string of the molecule is N#Cc1ccccc1NC(=O)c1ccc(Nc2ccc(F)cc2)cn1. The molecule has 2 aromatic carbocycles. The minimum Gasteiger partial charge on any atom is -0.354 e. The summed E-state index contributed by atoms with van der Waals surface area (Å²) in [5, 5.41) is 14.8. The van der Waals surface area contributed by atoms with Gasteiger partial charge in [-0.3, -0.25) is 4.79 Å². The maximum atomic E-state index is 12.9. The van der Waals surface area contributed by atoms with E-state index in [2.05, 4.69) is 15.6 Å². The average Bonchev–Trinajstić information content (AvgIpc) is 2.64. The zero-order valence-corrected chi connectivity index (χ0v) is 13.0. The fourth-order valence-corrected chi connectivity index (χ4v) is 2.18. The second-order valence-corrected chi connectivity index (χ2v) is 5.18. The normalized spacial score (nSPS) is 9.92. The number of amides is 1. The molecule has 0 bridgehead atoms. The molecule has 0 saturated carbocycles. The molecule has 1 amide bonds. The number of halogens is 1. The summed E-state index contributed by atoms with van der Waals surface area (Å²) in [6.07, 6.45) is 1.51. The molecule has 0 spiro atoms. The first-order valence-electron chi connectivity index (χ1n) is 7.45. The number of hydrogen-bond acceptors (Lipinski definition) is 4. The lowest BCUT2D eigenvalue weighted by molar-refractivity contribution is 0.102. The number of hydrogen-bond donors (Lipinski definition) is 2. The van der Waals surface area contributed by atoms with E-state index in [9.17, 15) is 9.18 Å². The largest absolute Gasteiger partial charge is 0.354 e. The third-order valence-electron chi connectivity index (χ3n) is 3.42. The second-order valence-electron chi connectivity index (χ2n) is 5.18. The molecule has 3 aromatic rings. The Bertz CT molecular complexity index is 931. The number of pyridine rings is 1. The van der Waals surface area contributed by atoms with Crippen LogP contribution in [0.1, 0.15) is 16.1 Å². The van der Waals surface area contributed by atoms with Gasteiger partial charge in [0, 0.05) is 5.69 Å². The van der Waals surface area contributed by atoms with Crippen LogP contribution in [0.15, 0.2) is 66.9 Å². The minimum absolute atomic E-state index is 0.220. The number of carbonyl (C=O) groups is 1. The monoisotopic (exact) mass is 332 g/mol. The van der Waals surface area contributed by atoms with Gasteiger partial charge in [-0.1, -0.05) is 12.1 Å².